The minimum atomic E-state index is 0.145. The van der Waals surface area contributed by atoms with Crippen LogP contribution in [0.25, 0.3) is 76.8 Å². The normalized spacial score (nSPS) is 12.7. The van der Waals surface area contributed by atoms with Gasteiger partial charge >= 0.3 is 0 Å². The van der Waals surface area contributed by atoms with Crippen molar-refractivity contribution in [2.45, 2.75) is 367 Å². The van der Waals surface area contributed by atoms with Gasteiger partial charge in [-0.15, -0.1) is 0 Å². The van der Waals surface area contributed by atoms with Crippen molar-refractivity contribution in [3.63, 3.8) is 0 Å². The van der Waals surface area contributed by atoms with E-state index < -0.39 is 0 Å². The van der Waals surface area contributed by atoms with Crippen LogP contribution in [0.15, 0.2) is 303 Å². The molecule has 0 aliphatic heterocycles. The van der Waals surface area contributed by atoms with Gasteiger partial charge in [0, 0.05) is 0 Å². The van der Waals surface area contributed by atoms with Crippen LogP contribution in [-0.2, 0) is 75.8 Å². The molecule has 0 saturated heterocycles. The lowest BCUT2D eigenvalue weighted by atomic mass is 9.74. The largest absolute Gasteiger partial charge is 0.0622 e. The molecular formula is C134H176. The number of rotatable bonds is 4. The van der Waals surface area contributed by atoms with Crippen LogP contribution < -0.4 is 0 Å². The summed E-state index contributed by atoms with van der Waals surface area (Å²) in [6, 6.07) is 111. The Hall–Kier alpha value is -10.1. The van der Waals surface area contributed by atoms with E-state index in [1.165, 1.54) is 155 Å². The summed E-state index contributed by atoms with van der Waals surface area (Å²) in [5.41, 5.74) is 33.0. The first-order valence-electron chi connectivity index (χ1n) is 49.8. The average molecular weight is 1790 g/mol. The number of benzene rings is 14. The van der Waals surface area contributed by atoms with Gasteiger partial charge in [0.25, 0.3) is 0 Å². The van der Waals surface area contributed by atoms with Gasteiger partial charge in [0.1, 0.15) is 0 Å². The third kappa shape index (κ3) is 29.9. The first-order chi connectivity index (χ1) is 61.4. The molecule has 0 amide bonds. The second-order valence-electron chi connectivity index (χ2n) is 52.2. The van der Waals surface area contributed by atoms with Gasteiger partial charge in [-0.2, -0.15) is 0 Å². The summed E-state index contributed by atoms with van der Waals surface area (Å²) in [6.45, 7) is 95.9. The summed E-state index contributed by atoms with van der Waals surface area (Å²) in [5.74, 6) is 0. The number of fused-ring (bicyclic) bond motifs is 3. The molecule has 0 saturated carbocycles. The van der Waals surface area contributed by atoms with Gasteiger partial charge in [0.2, 0.25) is 0 Å². The fourth-order valence-electron chi connectivity index (χ4n) is 17.4. The van der Waals surface area contributed by atoms with Gasteiger partial charge in [-0.25, -0.2) is 0 Å². The van der Waals surface area contributed by atoms with E-state index >= 15 is 0 Å². The predicted molar refractivity (Wildman–Crippen MR) is 601 cm³/mol. The molecule has 0 atom stereocenters. The third-order valence-electron chi connectivity index (χ3n) is 25.7. The molecule has 0 N–H and O–H groups in total. The van der Waals surface area contributed by atoms with Crippen molar-refractivity contribution >= 4 is 32.3 Å². The highest BCUT2D eigenvalue weighted by atomic mass is 14.4. The van der Waals surface area contributed by atoms with Crippen LogP contribution in [0.2, 0.25) is 0 Å². The van der Waals surface area contributed by atoms with E-state index in [2.05, 4.69) is 594 Å². The summed E-state index contributed by atoms with van der Waals surface area (Å²) in [4.78, 5) is 0. The number of hydrogen-bond donors (Lipinski definition) is 0. The van der Waals surface area contributed by atoms with Crippen LogP contribution in [0.4, 0.5) is 0 Å². The summed E-state index contributed by atoms with van der Waals surface area (Å²) in [6.07, 6.45) is 0. The van der Waals surface area contributed by atoms with E-state index in [9.17, 15) is 0 Å². The van der Waals surface area contributed by atoms with Gasteiger partial charge in [-0.3, -0.25) is 0 Å². The molecule has 14 aromatic carbocycles. The van der Waals surface area contributed by atoms with E-state index in [4.69, 9.17) is 0 Å². The second-order valence-corrected chi connectivity index (χ2v) is 52.2. The van der Waals surface area contributed by atoms with Crippen molar-refractivity contribution in [2.75, 3.05) is 0 Å². The Morgan fingerprint density at radius 1 is 0.127 bits per heavy atom. The zero-order valence-electron chi connectivity index (χ0n) is 91.9. The van der Waals surface area contributed by atoms with Gasteiger partial charge in [-0.1, -0.05) is 594 Å². The molecule has 14 aromatic rings. The van der Waals surface area contributed by atoms with Crippen LogP contribution in [0, 0.1) is 0 Å². The lowest BCUT2D eigenvalue weighted by molar-refractivity contribution is 0.568. The van der Waals surface area contributed by atoms with Crippen LogP contribution in [0.5, 0.6) is 0 Å². The highest BCUT2D eigenvalue weighted by Crippen LogP contribution is 2.45. The molecule has 134 heavy (non-hydrogen) atoms. The summed E-state index contributed by atoms with van der Waals surface area (Å²) in [5, 5.41) is 8.29. The Labute approximate surface area is 819 Å². The van der Waals surface area contributed by atoms with Crippen LogP contribution in [0.1, 0.15) is 369 Å². The molecule has 0 nitrogen and oxygen atoms in total. The van der Waals surface area contributed by atoms with Crippen LogP contribution in [0.3, 0.4) is 0 Å². The summed E-state index contributed by atoms with van der Waals surface area (Å²) < 4.78 is 0. The monoisotopic (exact) mass is 1790 g/mol. The molecule has 0 heteroatoms. The maximum Gasteiger partial charge on any atom is -0.0109 e. The zero-order valence-corrected chi connectivity index (χ0v) is 91.9. The van der Waals surface area contributed by atoms with E-state index in [1.54, 1.807) is 0 Å². The lowest BCUT2D eigenvalue weighted by Crippen LogP contribution is -2.19. The molecule has 0 aliphatic carbocycles. The first kappa shape index (κ1) is 109. The molecular weight excluding hydrogens is 1610 g/mol. The topological polar surface area (TPSA) is 0 Å². The molecule has 0 heterocycles. The zero-order chi connectivity index (χ0) is 101. The van der Waals surface area contributed by atoms with E-state index in [1.807, 2.05) is 0 Å². The van der Waals surface area contributed by atoms with Gasteiger partial charge in [0.05, 0.1) is 0 Å². The molecule has 0 unspecified atom stereocenters. The standard InChI is InChI=1S/4C20H26.3C18H24/c1-19(2,3)16-13-10-14-17(20(4,5)6)18(16)15-11-8-7-9-12-15;1-19(2,3)17-12-16(15-10-8-7-9-11-15)13-18(14-17)20(4,5)6;1-19(2,3)16-12-13-18(20(4,5)6)17(14-16)15-10-8-7-9-11-15;1-19(2,3)16-12-13-17(15-10-8-7-9-11-15)18(14-16)20(4,5)6;1-17(2,3)14-11-7-9-13-10-8-12-15(16(13)14)18(4,5)6;1-17(2,3)14-10-11-15-13(12-14)8-7-9-16(15)18(4,5)6;1-17(2,3)14-11-10-13-8-7-9-16(15(13)12-14)18(4,5)6/h4*7-14H,1-6H3;3*7-12H,1-6H3. The second kappa shape index (κ2) is 42.2. The van der Waals surface area contributed by atoms with Crippen molar-refractivity contribution in [1.82, 2.24) is 0 Å². The van der Waals surface area contributed by atoms with E-state index in [-0.39, 0.29) is 75.8 Å². The Morgan fingerprint density at radius 2 is 0.418 bits per heavy atom. The van der Waals surface area contributed by atoms with Crippen LogP contribution in [-0.4, -0.2) is 0 Å². The van der Waals surface area contributed by atoms with Crippen LogP contribution >= 0.6 is 0 Å². The predicted octanol–water partition coefficient (Wildman–Crippen LogP) is 40.1. The SMILES string of the molecule is CC(C)(C)c1cc(-c2ccccc2)cc(C(C)(C)C)c1.CC(C)(C)c1ccc(-c2ccccc2)c(C(C)(C)C)c1.CC(C)(C)c1ccc(C(C)(C)C)c(-c2ccccc2)c1.CC(C)(C)c1ccc2c(C(C)(C)C)cccc2c1.CC(C)(C)c1ccc2cccc(C(C)(C)C)c2c1.CC(C)(C)c1cccc(C(C)(C)C)c1-c1ccccc1.CC(C)(C)c1cccc2cccc(C(C)(C)C)c12. The smallest absolute Gasteiger partial charge is 0.0109 e. The van der Waals surface area contributed by atoms with Crippen molar-refractivity contribution in [3.05, 3.63) is 381 Å². The van der Waals surface area contributed by atoms with Gasteiger partial charge in [-0.05, 0) is 231 Å². The Morgan fingerprint density at radius 3 is 0.806 bits per heavy atom. The summed E-state index contributed by atoms with van der Waals surface area (Å²) >= 11 is 0. The summed E-state index contributed by atoms with van der Waals surface area (Å²) in [7, 11) is 0. The Kier molecular flexibility index (Phi) is 34.4. The molecule has 14 rings (SSSR count). The lowest BCUT2D eigenvalue weighted by Gasteiger charge is -2.30. The maximum atomic E-state index is 2.39. The Balaban J connectivity index is 0.000000192. The highest BCUT2D eigenvalue weighted by molar-refractivity contribution is 5.91. The van der Waals surface area contributed by atoms with Crippen molar-refractivity contribution < 1.29 is 0 Å². The minimum absolute atomic E-state index is 0.145. The van der Waals surface area contributed by atoms with E-state index in [0.717, 1.165) is 0 Å². The molecule has 0 aliphatic rings. The van der Waals surface area contributed by atoms with Gasteiger partial charge < -0.3 is 0 Å². The molecule has 0 spiro atoms. The number of hydrogen-bond acceptors (Lipinski definition) is 0. The average Bonchev–Trinajstić information content (AvgIpc) is 0.736. The quantitative estimate of drug-likeness (QED) is 0.165. The molecule has 712 valence electrons. The highest BCUT2D eigenvalue weighted by Gasteiger charge is 2.31. The molecule has 0 bridgehead atoms. The molecule has 0 aromatic heterocycles. The fourth-order valence-corrected chi connectivity index (χ4v) is 17.4. The fraction of sp³-hybridized carbons (Fsp3) is 0.418. The van der Waals surface area contributed by atoms with E-state index in [0.29, 0.717) is 0 Å². The molecule has 0 fully saturated rings. The first-order valence-corrected chi connectivity index (χ1v) is 49.8. The molecule has 0 radical (unpaired) electrons. The minimum Gasteiger partial charge on any atom is -0.0622 e. The maximum absolute atomic E-state index is 2.39. The Bertz CT molecular complexity index is 6010. The third-order valence-corrected chi connectivity index (χ3v) is 25.7. The van der Waals surface area contributed by atoms with Crippen molar-refractivity contribution in [2.24, 2.45) is 0 Å². The van der Waals surface area contributed by atoms with Crippen molar-refractivity contribution in [1.29, 1.82) is 0 Å². The van der Waals surface area contributed by atoms with Gasteiger partial charge in [0.15, 0.2) is 0 Å². The van der Waals surface area contributed by atoms with Crippen molar-refractivity contribution in [3.8, 4) is 44.5 Å².